The van der Waals surface area contributed by atoms with Crippen LogP contribution in [0.1, 0.15) is 75.6 Å². The molecular formula is C16H29NS. The van der Waals surface area contributed by atoms with Gasteiger partial charge in [0.15, 0.2) is 0 Å². The second-order valence-electron chi connectivity index (χ2n) is 5.17. The van der Waals surface area contributed by atoms with Gasteiger partial charge in [0, 0.05) is 21.8 Å². The van der Waals surface area contributed by atoms with Gasteiger partial charge in [-0.15, -0.1) is 11.3 Å². The van der Waals surface area contributed by atoms with Gasteiger partial charge in [0.1, 0.15) is 0 Å². The van der Waals surface area contributed by atoms with Crippen molar-refractivity contribution in [1.29, 1.82) is 0 Å². The van der Waals surface area contributed by atoms with E-state index in [0.29, 0.717) is 12.1 Å². The van der Waals surface area contributed by atoms with Crippen LogP contribution in [-0.4, -0.2) is 6.04 Å². The number of aryl methyl sites for hydroxylation is 1. The lowest BCUT2D eigenvalue weighted by Crippen LogP contribution is -2.31. The number of hydrogen-bond donors (Lipinski definition) is 1. The molecule has 104 valence electrons. The average Bonchev–Trinajstić information content (AvgIpc) is 2.85. The molecule has 1 N–H and O–H groups in total. The van der Waals surface area contributed by atoms with Crippen LogP contribution in [0.15, 0.2) is 12.1 Å². The minimum Gasteiger partial charge on any atom is -0.307 e. The van der Waals surface area contributed by atoms with Crippen molar-refractivity contribution in [3.05, 3.63) is 21.9 Å². The highest BCUT2D eigenvalue weighted by atomic mass is 32.1. The van der Waals surface area contributed by atoms with Gasteiger partial charge >= 0.3 is 0 Å². The lowest BCUT2D eigenvalue weighted by Gasteiger charge is -2.22. The normalized spacial score (nSPS) is 14.7. The number of rotatable bonds is 9. The third-order valence-corrected chi connectivity index (χ3v) is 4.90. The van der Waals surface area contributed by atoms with Crippen LogP contribution in [-0.2, 0) is 6.42 Å². The fourth-order valence-electron chi connectivity index (χ4n) is 2.36. The molecule has 2 atom stereocenters. The Balaban J connectivity index is 2.50. The maximum absolute atomic E-state index is 3.82. The highest BCUT2D eigenvalue weighted by molar-refractivity contribution is 7.12. The predicted octanol–water partition coefficient (Wildman–Crippen LogP) is 5.32. The standard InChI is InChI=1S/C16H29NS/c1-5-8-10-14(9-6-2)17-13(4)16-12-11-15(7-3)18-16/h11-14,17H,5-10H2,1-4H3. The Bertz CT molecular complexity index is 319. The van der Waals surface area contributed by atoms with Gasteiger partial charge in [0.25, 0.3) is 0 Å². The molecule has 0 aliphatic carbocycles. The molecule has 0 bridgehead atoms. The van der Waals surface area contributed by atoms with Crippen molar-refractivity contribution >= 4 is 11.3 Å². The molecule has 0 spiro atoms. The maximum atomic E-state index is 3.82. The molecule has 1 rings (SSSR count). The summed E-state index contributed by atoms with van der Waals surface area (Å²) in [4.78, 5) is 2.99. The quantitative estimate of drug-likeness (QED) is 0.638. The van der Waals surface area contributed by atoms with Crippen LogP contribution >= 0.6 is 11.3 Å². The third-order valence-electron chi connectivity index (χ3n) is 3.49. The highest BCUT2D eigenvalue weighted by Gasteiger charge is 2.13. The van der Waals surface area contributed by atoms with Gasteiger partial charge in [-0.05, 0) is 38.3 Å². The zero-order chi connectivity index (χ0) is 13.4. The SMILES string of the molecule is CCCCC(CCC)NC(C)c1ccc(CC)s1. The summed E-state index contributed by atoms with van der Waals surface area (Å²) in [6, 6.07) is 5.77. The van der Waals surface area contributed by atoms with E-state index in [2.05, 4.69) is 45.1 Å². The Labute approximate surface area is 117 Å². The number of hydrogen-bond acceptors (Lipinski definition) is 2. The number of unbranched alkanes of at least 4 members (excludes halogenated alkanes) is 1. The lowest BCUT2D eigenvalue weighted by atomic mass is 10.0. The summed E-state index contributed by atoms with van der Waals surface area (Å²) in [6.07, 6.45) is 7.70. The molecule has 0 saturated heterocycles. The van der Waals surface area contributed by atoms with E-state index in [1.54, 1.807) is 0 Å². The molecule has 0 aliphatic rings. The van der Waals surface area contributed by atoms with Crippen LogP contribution < -0.4 is 5.32 Å². The van der Waals surface area contributed by atoms with E-state index in [-0.39, 0.29) is 0 Å². The summed E-state index contributed by atoms with van der Waals surface area (Å²) in [5, 5.41) is 3.82. The van der Waals surface area contributed by atoms with Crippen LogP contribution in [0, 0.1) is 0 Å². The summed E-state index contributed by atoms with van der Waals surface area (Å²) < 4.78 is 0. The lowest BCUT2D eigenvalue weighted by molar-refractivity contribution is 0.398. The summed E-state index contributed by atoms with van der Waals surface area (Å²) in [6.45, 7) is 9.10. The van der Waals surface area contributed by atoms with E-state index < -0.39 is 0 Å². The summed E-state index contributed by atoms with van der Waals surface area (Å²) in [5.74, 6) is 0. The first-order chi connectivity index (χ1) is 8.71. The molecule has 2 unspecified atom stereocenters. The van der Waals surface area contributed by atoms with Crippen LogP contribution in [0.25, 0.3) is 0 Å². The first-order valence-electron chi connectivity index (χ1n) is 7.55. The molecule has 0 amide bonds. The Morgan fingerprint density at radius 3 is 2.44 bits per heavy atom. The number of nitrogens with one attached hydrogen (secondary N) is 1. The maximum Gasteiger partial charge on any atom is 0.0388 e. The van der Waals surface area contributed by atoms with Crippen LogP contribution in [0.2, 0.25) is 0 Å². The van der Waals surface area contributed by atoms with E-state index in [1.807, 2.05) is 11.3 Å². The molecule has 2 heteroatoms. The van der Waals surface area contributed by atoms with Gasteiger partial charge in [-0.1, -0.05) is 40.0 Å². The Morgan fingerprint density at radius 1 is 1.11 bits per heavy atom. The van der Waals surface area contributed by atoms with Crippen molar-refractivity contribution in [3.8, 4) is 0 Å². The third kappa shape index (κ3) is 5.11. The molecule has 1 heterocycles. The first kappa shape index (κ1) is 15.7. The van der Waals surface area contributed by atoms with Gasteiger partial charge in [-0.25, -0.2) is 0 Å². The monoisotopic (exact) mass is 267 g/mol. The van der Waals surface area contributed by atoms with Crippen molar-refractivity contribution in [3.63, 3.8) is 0 Å². The van der Waals surface area contributed by atoms with Crippen LogP contribution in [0.3, 0.4) is 0 Å². The molecule has 0 aromatic carbocycles. The van der Waals surface area contributed by atoms with Gasteiger partial charge in [-0.3, -0.25) is 0 Å². The Kier molecular flexibility index (Phi) is 7.60. The zero-order valence-electron chi connectivity index (χ0n) is 12.5. The summed E-state index contributed by atoms with van der Waals surface area (Å²) in [5.41, 5.74) is 0. The van der Waals surface area contributed by atoms with Crippen molar-refractivity contribution in [1.82, 2.24) is 5.32 Å². The molecule has 1 aromatic heterocycles. The smallest absolute Gasteiger partial charge is 0.0388 e. The van der Waals surface area contributed by atoms with Crippen molar-refractivity contribution in [2.75, 3.05) is 0 Å². The Hall–Kier alpha value is -0.340. The van der Waals surface area contributed by atoms with Crippen molar-refractivity contribution in [2.45, 2.75) is 78.3 Å². The van der Waals surface area contributed by atoms with Gasteiger partial charge in [-0.2, -0.15) is 0 Å². The van der Waals surface area contributed by atoms with Crippen molar-refractivity contribution in [2.24, 2.45) is 0 Å². The van der Waals surface area contributed by atoms with E-state index in [1.165, 1.54) is 41.9 Å². The average molecular weight is 267 g/mol. The molecule has 0 saturated carbocycles. The first-order valence-corrected chi connectivity index (χ1v) is 8.37. The van der Waals surface area contributed by atoms with Crippen LogP contribution in [0.5, 0.6) is 0 Å². The summed E-state index contributed by atoms with van der Waals surface area (Å²) >= 11 is 1.96. The molecule has 0 fully saturated rings. The van der Waals surface area contributed by atoms with Gasteiger partial charge in [0.2, 0.25) is 0 Å². The second-order valence-corrected chi connectivity index (χ2v) is 6.37. The van der Waals surface area contributed by atoms with E-state index in [0.717, 1.165) is 6.42 Å². The number of thiophene rings is 1. The minimum atomic E-state index is 0.503. The van der Waals surface area contributed by atoms with E-state index in [9.17, 15) is 0 Å². The fourth-order valence-corrected chi connectivity index (χ4v) is 3.33. The molecule has 1 nitrogen and oxygen atoms in total. The van der Waals surface area contributed by atoms with Gasteiger partial charge < -0.3 is 5.32 Å². The fraction of sp³-hybridized carbons (Fsp3) is 0.750. The van der Waals surface area contributed by atoms with Crippen molar-refractivity contribution < 1.29 is 0 Å². The van der Waals surface area contributed by atoms with E-state index in [4.69, 9.17) is 0 Å². The van der Waals surface area contributed by atoms with Gasteiger partial charge in [0.05, 0.1) is 0 Å². The predicted molar refractivity (Wildman–Crippen MR) is 83.5 cm³/mol. The second kappa shape index (κ2) is 8.71. The Morgan fingerprint density at radius 2 is 1.89 bits per heavy atom. The van der Waals surface area contributed by atoms with Crippen LogP contribution in [0.4, 0.5) is 0 Å². The molecule has 1 aromatic rings. The highest BCUT2D eigenvalue weighted by Crippen LogP contribution is 2.24. The molecular weight excluding hydrogens is 238 g/mol. The largest absolute Gasteiger partial charge is 0.307 e. The summed E-state index contributed by atoms with van der Waals surface area (Å²) in [7, 11) is 0. The molecule has 0 radical (unpaired) electrons. The topological polar surface area (TPSA) is 12.0 Å². The van der Waals surface area contributed by atoms with E-state index >= 15 is 0 Å². The molecule has 0 aliphatic heterocycles. The minimum absolute atomic E-state index is 0.503. The molecule has 18 heavy (non-hydrogen) atoms. The zero-order valence-corrected chi connectivity index (χ0v) is 13.3.